The molecule has 0 aliphatic rings. The Hall–Kier alpha value is -0.440. The van der Waals surface area contributed by atoms with Crippen LogP contribution >= 0.6 is 11.5 Å². The van der Waals surface area contributed by atoms with Crippen LogP contribution in [-0.4, -0.2) is 9.59 Å². The van der Waals surface area contributed by atoms with E-state index in [4.69, 9.17) is 0 Å². The topological polar surface area (TPSA) is 25.8 Å². The first-order valence-electron chi connectivity index (χ1n) is 3.18. The van der Waals surface area contributed by atoms with Crippen molar-refractivity contribution < 1.29 is 0 Å². The largest absolute Gasteiger partial charge is 0.143 e. The molecule has 0 N–H and O–H groups in total. The molecular weight excluding hydrogens is 132 g/mol. The first kappa shape index (κ1) is 6.68. The summed E-state index contributed by atoms with van der Waals surface area (Å²) in [5.41, 5.74) is 1.17. The van der Waals surface area contributed by atoms with Crippen LogP contribution in [0.15, 0.2) is 0 Å². The van der Waals surface area contributed by atoms with Gasteiger partial charge in [-0.2, -0.15) is 0 Å². The van der Waals surface area contributed by atoms with Gasteiger partial charge in [0.2, 0.25) is 0 Å². The molecule has 0 radical (unpaired) electrons. The third kappa shape index (κ3) is 1.27. The lowest BCUT2D eigenvalue weighted by molar-refractivity contribution is 0.959. The molecule has 0 saturated heterocycles. The van der Waals surface area contributed by atoms with Gasteiger partial charge in [-0.25, -0.2) is 0 Å². The van der Waals surface area contributed by atoms with E-state index >= 15 is 0 Å². The molecule has 3 heteroatoms. The Morgan fingerprint density at radius 2 is 2.11 bits per heavy atom. The standard InChI is InChI=1S/C6H10N2S/c1-3-5-6(4-2)9-8-7-5/h3-4H2,1-2H3. The summed E-state index contributed by atoms with van der Waals surface area (Å²) in [5, 5.41) is 3.97. The van der Waals surface area contributed by atoms with Crippen LogP contribution in [0.4, 0.5) is 0 Å². The van der Waals surface area contributed by atoms with Gasteiger partial charge in [-0.3, -0.25) is 0 Å². The highest BCUT2D eigenvalue weighted by molar-refractivity contribution is 7.05. The van der Waals surface area contributed by atoms with Crippen molar-refractivity contribution in [1.82, 2.24) is 9.59 Å². The Balaban J connectivity index is 2.85. The van der Waals surface area contributed by atoms with E-state index in [9.17, 15) is 0 Å². The Morgan fingerprint density at radius 3 is 2.56 bits per heavy atom. The van der Waals surface area contributed by atoms with Crippen molar-refractivity contribution in [2.45, 2.75) is 26.7 Å². The minimum absolute atomic E-state index is 1.01. The van der Waals surface area contributed by atoms with Gasteiger partial charge in [-0.1, -0.05) is 18.3 Å². The summed E-state index contributed by atoms with van der Waals surface area (Å²) < 4.78 is 3.86. The molecule has 0 aromatic carbocycles. The summed E-state index contributed by atoms with van der Waals surface area (Å²) in [4.78, 5) is 1.33. The number of nitrogens with zero attached hydrogens (tertiary/aromatic N) is 2. The van der Waals surface area contributed by atoms with Crippen molar-refractivity contribution in [3.8, 4) is 0 Å². The van der Waals surface area contributed by atoms with E-state index in [0.29, 0.717) is 0 Å². The van der Waals surface area contributed by atoms with Crippen molar-refractivity contribution in [3.05, 3.63) is 10.6 Å². The molecule has 1 rings (SSSR count). The quantitative estimate of drug-likeness (QED) is 0.627. The van der Waals surface area contributed by atoms with E-state index in [1.807, 2.05) is 0 Å². The van der Waals surface area contributed by atoms with Crippen LogP contribution in [0.2, 0.25) is 0 Å². The third-order valence-electron chi connectivity index (χ3n) is 1.29. The Kier molecular flexibility index (Phi) is 2.16. The molecule has 0 bridgehead atoms. The second-order valence-electron chi connectivity index (χ2n) is 1.85. The van der Waals surface area contributed by atoms with Gasteiger partial charge in [0.15, 0.2) is 0 Å². The van der Waals surface area contributed by atoms with E-state index in [0.717, 1.165) is 12.8 Å². The molecule has 1 aromatic heterocycles. The molecule has 50 valence electrons. The number of aromatic nitrogens is 2. The first-order valence-corrected chi connectivity index (χ1v) is 3.96. The molecule has 1 aromatic rings. The van der Waals surface area contributed by atoms with E-state index in [1.54, 1.807) is 0 Å². The summed E-state index contributed by atoms with van der Waals surface area (Å²) >= 11 is 1.51. The molecule has 0 saturated carbocycles. The van der Waals surface area contributed by atoms with Gasteiger partial charge in [0.25, 0.3) is 0 Å². The third-order valence-corrected chi connectivity index (χ3v) is 2.20. The molecule has 0 atom stereocenters. The van der Waals surface area contributed by atoms with E-state index in [1.165, 1.54) is 22.1 Å². The molecule has 0 aliphatic carbocycles. The highest BCUT2D eigenvalue weighted by atomic mass is 32.1. The second-order valence-corrected chi connectivity index (χ2v) is 2.69. The Labute approximate surface area is 59.1 Å². The van der Waals surface area contributed by atoms with Crippen molar-refractivity contribution >= 4 is 11.5 Å². The molecule has 0 amide bonds. The summed E-state index contributed by atoms with van der Waals surface area (Å²) in [6.45, 7) is 4.24. The summed E-state index contributed by atoms with van der Waals surface area (Å²) in [5.74, 6) is 0. The maximum atomic E-state index is 3.97. The number of hydrogen-bond donors (Lipinski definition) is 0. The Bertz CT molecular complexity index is 164. The Morgan fingerprint density at radius 1 is 1.33 bits per heavy atom. The van der Waals surface area contributed by atoms with Gasteiger partial charge in [0.05, 0.1) is 5.69 Å². The fourth-order valence-electron chi connectivity index (χ4n) is 0.764. The van der Waals surface area contributed by atoms with Gasteiger partial charge in [0, 0.05) is 4.88 Å². The van der Waals surface area contributed by atoms with Crippen LogP contribution in [0.3, 0.4) is 0 Å². The summed E-state index contributed by atoms with van der Waals surface area (Å²) in [6, 6.07) is 0. The SMILES string of the molecule is CCc1nnsc1CC. The lowest BCUT2D eigenvalue weighted by Crippen LogP contribution is -1.84. The second kappa shape index (κ2) is 2.92. The van der Waals surface area contributed by atoms with Gasteiger partial charge in [-0.05, 0) is 24.4 Å². The maximum absolute atomic E-state index is 3.97. The van der Waals surface area contributed by atoms with Crippen molar-refractivity contribution in [2.24, 2.45) is 0 Å². The fourth-order valence-corrected chi connectivity index (χ4v) is 1.42. The zero-order chi connectivity index (χ0) is 6.69. The summed E-state index contributed by atoms with van der Waals surface area (Å²) in [6.07, 6.45) is 2.08. The predicted molar refractivity (Wildman–Crippen MR) is 38.7 cm³/mol. The molecule has 0 spiro atoms. The smallest absolute Gasteiger partial charge is 0.0784 e. The fraction of sp³-hybridized carbons (Fsp3) is 0.667. The number of aryl methyl sites for hydroxylation is 2. The first-order chi connectivity index (χ1) is 4.38. The van der Waals surface area contributed by atoms with E-state index < -0.39 is 0 Å². The monoisotopic (exact) mass is 142 g/mol. The maximum Gasteiger partial charge on any atom is 0.0784 e. The van der Waals surface area contributed by atoms with Crippen LogP contribution < -0.4 is 0 Å². The summed E-state index contributed by atoms with van der Waals surface area (Å²) in [7, 11) is 0. The lowest BCUT2D eigenvalue weighted by Gasteiger charge is -1.88. The molecule has 2 nitrogen and oxygen atoms in total. The molecule has 9 heavy (non-hydrogen) atoms. The van der Waals surface area contributed by atoms with Gasteiger partial charge in [0.1, 0.15) is 0 Å². The molecule has 1 heterocycles. The highest BCUT2D eigenvalue weighted by Crippen LogP contribution is 2.10. The molecular formula is C6H10N2S. The minimum Gasteiger partial charge on any atom is -0.143 e. The van der Waals surface area contributed by atoms with Crippen LogP contribution in [0.1, 0.15) is 24.4 Å². The van der Waals surface area contributed by atoms with E-state index in [-0.39, 0.29) is 0 Å². The average molecular weight is 142 g/mol. The zero-order valence-electron chi connectivity index (χ0n) is 5.72. The zero-order valence-corrected chi connectivity index (χ0v) is 6.53. The highest BCUT2D eigenvalue weighted by Gasteiger charge is 2.00. The van der Waals surface area contributed by atoms with Crippen molar-refractivity contribution in [1.29, 1.82) is 0 Å². The van der Waals surface area contributed by atoms with Crippen molar-refractivity contribution in [3.63, 3.8) is 0 Å². The van der Waals surface area contributed by atoms with Crippen LogP contribution in [-0.2, 0) is 12.8 Å². The van der Waals surface area contributed by atoms with Crippen LogP contribution in [0.5, 0.6) is 0 Å². The van der Waals surface area contributed by atoms with Gasteiger partial charge in [-0.15, -0.1) is 5.10 Å². The lowest BCUT2D eigenvalue weighted by atomic mass is 10.2. The number of hydrogen-bond acceptors (Lipinski definition) is 3. The number of rotatable bonds is 2. The minimum atomic E-state index is 1.01. The van der Waals surface area contributed by atoms with Crippen LogP contribution in [0.25, 0.3) is 0 Å². The normalized spacial score (nSPS) is 10.0. The molecule has 0 unspecified atom stereocenters. The van der Waals surface area contributed by atoms with Crippen molar-refractivity contribution in [2.75, 3.05) is 0 Å². The molecule has 0 fully saturated rings. The van der Waals surface area contributed by atoms with E-state index in [2.05, 4.69) is 23.4 Å². The predicted octanol–water partition coefficient (Wildman–Crippen LogP) is 1.66. The molecule has 0 aliphatic heterocycles. The van der Waals surface area contributed by atoms with Crippen LogP contribution in [0, 0.1) is 0 Å². The van der Waals surface area contributed by atoms with Gasteiger partial charge >= 0.3 is 0 Å². The average Bonchev–Trinajstić information content (AvgIpc) is 2.33. The van der Waals surface area contributed by atoms with Gasteiger partial charge < -0.3 is 0 Å².